The summed E-state index contributed by atoms with van der Waals surface area (Å²) in [6.07, 6.45) is 1.09. The van der Waals surface area contributed by atoms with Gasteiger partial charge in [-0.15, -0.1) is 10.2 Å². The molecule has 0 radical (unpaired) electrons. The number of hydrogen-bond acceptors (Lipinski definition) is 5. The molecule has 25 heavy (non-hydrogen) atoms. The van der Waals surface area contributed by atoms with E-state index in [2.05, 4.69) is 51.5 Å². The highest BCUT2D eigenvalue weighted by Gasteiger charge is 2.24. The van der Waals surface area contributed by atoms with Crippen LogP contribution in [0.4, 0.5) is 5.69 Å². The van der Waals surface area contributed by atoms with Crippen molar-refractivity contribution in [3.63, 3.8) is 0 Å². The molecule has 0 N–H and O–H groups in total. The van der Waals surface area contributed by atoms with E-state index < -0.39 is 0 Å². The van der Waals surface area contributed by atoms with Crippen LogP contribution >= 0.6 is 11.8 Å². The smallest absolute Gasteiger partial charge is 0.212 e. The summed E-state index contributed by atoms with van der Waals surface area (Å²) in [6.45, 7) is 1.75. The molecule has 6 heteroatoms. The van der Waals surface area contributed by atoms with Crippen molar-refractivity contribution in [2.45, 2.75) is 18.1 Å². The molecule has 0 aliphatic carbocycles. The Morgan fingerprint density at radius 3 is 2.72 bits per heavy atom. The summed E-state index contributed by atoms with van der Waals surface area (Å²) in [5.74, 6) is 1.72. The summed E-state index contributed by atoms with van der Waals surface area (Å²) < 4.78 is 1.91. The van der Waals surface area contributed by atoms with Gasteiger partial charge < -0.3 is 4.90 Å². The van der Waals surface area contributed by atoms with Gasteiger partial charge in [-0.3, -0.25) is 0 Å². The van der Waals surface area contributed by atoms with E-state index in [9.17, 15) is 0 Å². The zero-order valence-corrected chi connectivity index (χ0v) is 14.5. The zero-order chi connectivity index (χ0) is 16.6. The third-order valence-electron chi connectivity index (χ3n) is 4.66. The van der Waals surface area contributed by atoms with Crippen LogP contribution in [0.15, 0.2) is 64.9 Å². The molecule has 0 bridgehead atoms. The fourth-order valence-corrected chi connectivity index (χ4v) is 4.24. The molecule has 1 aromatic heterocycles. The van der Waals surface area contributed by atoms with Gasteiger partial charge in [0, 0.05) is 18.0 Å². The quantitative estimate of drug-likeness (QED) is 0.730. The van der Waals surface area contributed by atoms with Gasteiger partial charge in [0.05, 0.1) is 12.3 Å². The van der Waals surface area contributed by atoms with Gasteiger partial charge in [0.2, 0.25) is 5.16 Å². The number of nitrogens with zero attached hydrogens (tertiary/aromatic N) is 5. The van der Waals surface area contributed by atoms with E-state index in [1.807, 2.05) is 22.9 Å². The van der Waals surface area contributed by atoms with Crippen molar-refractivity contribution >= 4 is 23.2 Å². The van der Waals surface area contributed by atoms with Gasteiger partial charge >= 0.3 is 0 Å². The summed E-state index contributed by atoms with van der Waals surface area (Å²) >= 11 is 1.70. The number of benzene rings is 2. The van der Waals surface area contributed by atoms with Crippen LogP contribution in [-0.4, -0.2) is 32.9 Å². The van der Waals surface area contributed by atoms with Crippen LogP contribution in [0, 0.1) is 0 Å². The monoisotopic (exact) mass is 347 g/mol. The maximum atomic E-state index is 4.83. The fourth-order valence-electron chi connectivity index (χ4n) is 3.38. The van der Waals surface area contributed by atoms with Crippen LogP contribution in [0.25, 0.3) is 0 Å². The predicted octanol–water partition coefficient (Wildman–Crippen LogP) is 3.20. The lowest BCUT2D eigenvalue weighted by Gasteiger charge is -2.19. The van der Waals surface area contributed by atoms with Crippen molar-refractivity contribution < 1.29 is 0 Å². The Kier molecular flexibility index (Phi) is 3.56. The molecule has 0 atom stereocenters. The third kappa shape index (κ3) is 2.62. The molecule has 0 amide bonds. The van der Waals surface area contributed by atoms with Crippen molar-refractivity contribution in [3.05, 3.63) is 71.5 Å². The highest BCUT2D eigenvalue weighted by Crippen LogP contribution is 2.30. The molecule has 2 aliphatic rings. The first kappa shape index (κ1) is 14.7. The summed E-state index contributed by atoms with van der Waals surface area (Å²) in [7, 11) is 0. The number of rotatable bonds is 3. The van der Waals surface area contributed by atoms with Crippen LogP contribution in [0.2, 0.25) is 0 Å². The second kappa shape index (κ2) is 6.04. The standard InChI is InChI=1S/C19H17N5S/c1-2-6-14(7-3-1)16-13-25-19-21-20-18(24(19)22-16)12-23-11-10-15-8-4-5-9-17(15)23/h1-9H,10-13H2. The van der Waals surface area contributed by atoms with E-state index in [1.165, 1.54) is 11.3 Å². The van der Waals surface area contributed by atoms with Crippen LogP contribution in [0.3, 0.4) is 0 Å². The van der Waals surface area contributed by atoms with E-state index in [4.69, 9.17) is 5.10 Å². The van der Waals surface area contributed by atoms with E-state index in [0.29, 0.717) is 0 Å². The van der Waals surface area contributed by atoms with Crippen molar-refractivity contribution in [1.82, 2.24) is 14.9 Å². The number of aromatic nitrogens is 3. The molecule has 124 valence electrons. The Hall–Kier alpha value is -2.60. The summed E-state index contributed by atoms with van der Waals surface area (Å²) in [5.41, 5.74) is 4.94. The maximum absolute atomic E-state index is 4.83. The minimum atomic E-state index is 0.732. The van der Waals surface area contributed by atoms with Gasteiger partial charge in [0.15, 0.2) is 5.82 Å². The molecule has 0 saturated heterocycles. The molecule has 0 spiro atoms. The van der Waals surface area contributed by atoms with E-state index in [-0.39, 0.29) is 0 Å². The summed E-state index contributed by atoms with van der Waals surface area (Å²) in [5, 5.41) is 14.4. The molecule has 0 saturated carbocycles. The Labute approximate surface area is 150 Å². The average Bonchev–Trinajstić information content (AvgIpc) is 3.27. The van der Waals surface area contributed by atoms with E-state index in [1.54, 1.807) is 11.8 Å². The van der Waals surface area contributed by atoms with Gasteiger partial charge in [-0.1, -0.05) is 60.3 Å². The lowest BCUT2D eigenvalue weighted by Crippen LogP contribution is -2.23. The van der Waals surface area contributed by atoms with Gasteiger partial charge in [0.1, 0.15) is 0 Å². The van der Waals surface area contributed by atoms with Gasteiger partial charge in [-0.2, -0.15) is 9.78 Å². The van der Waals surface area contributed by atoms with Crippen molar-refractivity contribution in [1.29, 1.82) is 0 Å². The second-order valence-corrected chi connectivity index (χ2v) is 7.15. The van der Waals surface area contributed by atoms with Crippen molar-refractivity contribution in [2.24, 2.45) is 5.10 Å². The lowest BCUT2D eigenvalue weighted by molar-refractivity contribution is 0.683. The second-order valence-electron chi connectivity index (χ2n) is 6.21. The molecule has 3 heterocycles. The van der Waals surface area contributed by atoms with Gasteiger partial charge in [-0.25, -0.2) is 0 Å². The van der Waals surface area contributed by atoms with Crippen molar-refractivity contribution in [2.75, 3.05) is 17.2 Å². The SMILES string of the molecule is c1ccc(C2=Nn3c(CN4CCc5ccccc54)nnc3SC2)cc1. The molecular weight excluding hydrogens is 330 g/mol. The van der Waals surface area contributed by atoms with Gasteiger partial charge in [0.25, 0.3) is 0 Å². The topological polar surface area (TPSA) is 46.3 Å². The predicted molar refractivity (Wildman–Crippen MR) is 100 cm³/mol. The molecule has 0 unspecified atom stereocenters. The number of para-hydroxylation sites is 1. The number of anilines is 1. The first-order valence-corrected chi connectivity index (χ1v) is 9.40. The Bertz CT molecular complexity index is 947. The molecule has 5 rings (SSSR count). The lowest BCUT2D eigenvalue weighted by atomic mass is 10.1. The van der Waals surface area contributed by atoms with Crippen molar-refractivity contribution in [3.8, 4) is 0 Å². The first-order chi connectivity index (χ1) is 12.4. The fraction of sp³-hybridized carbons (Fsp3) is 0.211. The Morgan fingerprint density at radius 1 is 0.960 bits per heavy atom. The Balaban J connectivity index is 1.47. The molecule has 2 aromatic carbocycles. The van der Waals surface area contributed by atoms with Crippen LogP contribution in [0.1, 0.15) is 17.0 Å². The first-order valence-electron chi connectivity index (χ1n) is 8.42. The summed E-state index contributed by atoms with van der Waals surface area (Å²) in [6, 6.07) is 18.9. The molecular formula is C19H17N5S. The Morgan fingerprint density at radius 2 is 1.80 bits per heavy atom. The molecule has 0 fully saturated rings. The average molecular weight is 347 g/mol. The normalized spacial score (nSPS) is 15.7. The van der Waals surface area contributed by atoms with Crippen LogP contribution in [0.5, 0.6) is 0 Å². The molecule has 2 aliphatic heterocycles. The van der Waals surface area contributed by atoms with Crippen LogP contribution in [-0.2, 0) is 13.0 Å². The largest absolute Gasteiger partial charge is 0.363 e. The van der Waals surface area contributed by atoms with Gasteiger partial charge in [-0.05, 0) is 23.6 Å². The van der Waals surface area contributed by atoms with Crippen LogP contribution < -0.4 is 4.90 Å². The minimum absolute atomic E-state index is 0.732. The highest BCUT2D eigenvalue weighted by molar-refractivity contribution is 7.99. The summed E-state index contributed by atoms with van der Waals surface area (Å²) in [4.78, 5) is 2.36. The number of thioether (sulfide) groups is 1. The van der Waals surface area contributed by atoms with E-state index >= 15 is 0 Å². The maximum Gasteiger partial charge on any atom is 0.212 e. The zero-order valence-electron chi connectivity index (χ0n) is 13.7. The third-order valence-corrected chi connectivity index (χ3v) is 5.59. The minimum Gasteiger partial charge on any atom is -0.363 e. The molecule has 5 nitrogen and oxygen atoms in total. The highest BCUT2D eigenvalue weighted by atomic mass is 32.2. The number of hydrogen-bond donors (Lipinski definition) is 0. The number of fused-ring (bicyclic) bond motifs is 2. The molecule has 3 aromatic rings. The van der Waals surface area contributed by atoms with E-state index in [0.717, 1.165) is 47.5 Å².